The number of ether oxygens (including phenoxy) is 1. The highest BCUT2D eigenvalue weighted by Gasteiger charge is 2.44. The highest BCUT2D eigenvalue weighted by molar-refractivity contribution is 7.13. The number of benzene rings is 2. The molecule has 2 aromatic carbocycles. The number of anilines is 5. The summed E-state index contributed by atoms with van der Waals surface area (Å²) in [5.74, 6) is 0.465. The van der Waals surface area contributed by atoms with Gasteiger partial charge in [0.1, 0.15) is 24.2 Å². The largest absolute Gasteiger partial charge is 0.494 e. The van der Waals surface area contributed by atoms with E-state index in [2.05, 4.69) is 61.7 Å². The van der Waals surface area contributed by atoms with Gasteiger partial charge in [-0.25, -0.2) is 15.0 Å². The molecule has 0 radical (unpaired) electrons. The minimum atomic E-state index is -0.905. The lowest BCUT2D eigenvalue weighted by molar-refractivity contribution is -0.144. The van der Waals surface area contributed by atoms with Gasteiger partial charge in [-0.3, -0.25) is 28.7 Å². The van der Waals surface area contributed by atoms with Crippen LogP contribution in [0.5, 0.6) is 5.75 Å². The molecule has 6 N–H and O–H groups in total. The molecule has 6 heterocycles. The number of aromatic nitrogens is 7. The van der Waals surface area contributed by atoms with E-state index in [4.69, 9.17) is 4.74 Å². The number of para-hydroxylation sites is 1. The number of amides is 5. The van der Waals surface area contributed by atoms with E-state index < -0.39 is 35.4 Å². The van der Waals surface area contributed by atoms with Crippen molar-refractivity contribution in [3.8, 4) is 27.6 Å². The van der Waals surface area contributed by atoms with Crippen molar-refractivity contribution in [1.82, 2.24) is 60.7 Å². The quantitative estimate of drug-likeness (QED) is 0.0469. The molecule has 6 aromatic rings. The van der Waals surface area contributed by atoms with E-state index in [0.717, 1.165) is 40.2 Å². The Bertz CT molecular complexity index is 3060. The summed E-state index contributed by atoms with van der Waals surface area (Å²) < 4.78 is 7.37. The van der Waals surface area contributed by atoms with Crippen molar-refractivity contribution in [3.63, 3.8) is 0 Å². The molecule has 4 aromatic heterocycles. The first kappa shape index (κ1) is 56.2. The van der Waals surface area contributed by atoms with Gasteiger partial charge >= 0.3 is 0 Å². The highest BCUT2D eigenvalue weighted by atomic mass is 32.1. The molecule has 0 bridgehead atoms. The number of unbranched alkanes of at least 4 members (excludes halogenated alkanes) is 3. The molecule has 2 fully saturated rings. The lowest BCUT2D eigenvalue weighted by Crippen LogP contribution is -2.57. The number of carbonyl (C=O) groups excluding carboxylic acids is 5. The van der Waals surface area contributed by atoms with E-state index in [0.29, 0.717) is 85.6 Å². The average molecular weight is 1080 g/mol. The summed E-state index contributed by atoms with van der Waals surface area (Å²) in [6.45, 7) is 10.3. The minimum Gasteiger partial charge on any atom is -0.494 e. The Morgan fingerprint density at radius 1 is 0.872 bits per heavy atom. The van der Waals surface area contributed by atoms with Crippen LogP contribution < -0.4 is 36.2 Å². The average Bonchev–Trinajstić information content (AvgIpc) is 4.19. The predicted molar refractivity (Wildman–Crippen MR) is 297 cm³/mol. The lowest BCUT2D eigenvalue weighted by atomic mass is 9.85. The zero-order chi connectivity index (χ0) is 55.5. The van der Waals surface area contributed by atoms with E-state index in [-0.39, 0.29) is 49.3 Å². The first-order valence-electron chi connectivity index (χ1n) is 26.2. The van der Waals surface area contributed by atoms with Crippen molar-refractivity contribution in [2.24, 2.45) is 12.5 Å². The fourth-order valence-electron chi connectivity index (χ4n) is 9.55. The fourth-order valence-corrected chi connectivity index (χ4v) is 10.4. The van der Waals surface area contributed by atoms with E-state index in [1.54, 1.807) is 48.8 Å². The number of methoxy groups -OCH3 is 1. The van der Waals surface area contributed by atoms with Crippen LogP contribution in [-0.2, 0) is 32.8 Å². The Morgan fingerprint density at radius 3 is 2.28 bits per heavy atom. The van der Waals surface area contributed by atoms with Gasteiger partial charge in [0.05, 0.1) is 58.1 Å². The molecular weight excluding hydrogens is 1010 g/mol. The van der Waals surface area contributed by atoms with Crippen LogP contribution in [0.4, 0.5) is 28.7 Å². The second kappa shape index (κ2) is 25.4. The van der Waals surface area contributed by atoms with Crippen LogP contribution in [0, 0.1) is 12.3 Å². The zero-order valence-electron chi connectivity index (χ0n) is 45.2. The van der Waals surface area contributed by atoms with Gasteiger partial charge in [-0.1, -0.05) is 63.9 Å². The van der Waals surface area contributed by atoms with Crippen LogP contribution in [0.2, 0.25) is 0 Å². The number of aryl methyl sites for hydroxylation is 2. The van der Waals surface area contributed by atoms with Crippen LogP contribution in [0.3, 0.4) is 0 Å². The summed E-state index contributed by atoms with van der Waals surface area (Å²) in [5, 5.41) is 38.5. The third-order valence-electron chi connectivity index (χ3n) is 13.8. The Balaban J connectivity index is 0.749. The first-order chi connectivity index (χ1) is 37.5. The number of hydrogen-bond donors (Lipinski definition) is 6. The number of hydrogen-bond acceptors (Lipinski definition) is 17. The number of thiazole rings is 1. The number of likely N-dealkylation sites (tertiary alicyclic amines) is 1. The van der Waals surface area contributed by atoms with Crippen LogP contribution in [-0.4, -0.2) is 144 Å². The number of aliphatic hydroxyl groups excluding tert-OH is 1. The van der Waals surface area contributed by atoms with E-state index in [9.17, 15) is 29.1 Å². The van der Waals surface area contributed by atoms with Gasteiger partial charge in [-0.05, 0) is 60.6 Å². The summed E-state index contributed by atoms with van der Waals surface area (Å²) in [7, 11) is 4.84. The van der Waals surface area contributed by atoms with Crippen molar-refractivity contribution < 1.29 is 33.8 Å². The molecule has 2 aliphatic rings. The normalized spacial score (nSPS) is 15.9. The first-order valence-corrected chi connectivity index (χ1v) is 27.1. The van der Waals surface area contributed by atoms with E-state index >= 15 is 0 Å². The molecule has 0 spiro atoms. The molecule has 2 saturated heterocycles. The summed E-state index contributed by atoms with van der Waals surface area (Å²) >= 11 is 1.57. The topological polar surface area (TPSA) is 267 Å². The number of aliphatic hydroxyl groups is 1. The highest BCUT2D eigenvalue weighted by Crippen LogP contribution is 2.37. The molecule has 8 rings (SSSR count). The Hall–Kier alpha value is -8.05. The third-order valence-corrected chi connectivity index (χ3v) is 14.8. The van der Waals surface area contributed by atoms with Crippen LogP contribution in [0.15, 0.2) is 78.7 Å². The summed E-state index contributed by atoms with van der Waals surface area (Å²) in [4.78, 5) is 86.9. The molecule has 0 unspecified atom stereocenters. The molecule has 2 aliphatic heterocycles. The standard InChI is InChI=1S/C55H69N15O7S/c1-34-49(78-33-60-34)36-19-17-35(18-20-36)29-58-52(74)42-27-38(71)31-70(42)54(76)50(55(2,3)4)63-45(72)15-10-8-9-11-16-46(73)69-25-23-68(24-26-69)37-21-22-43(57-30-37)62-44-28-41(47(65-64-44)53(75)56-5)61-40-14-12-13-39(48(40)77-7)51-59-32-67(6)66-51/h12-14,17-22,28,30,32-33,38,42,50,71H,8-11,15-16,23-27,29,31H2,1-7H3,(H,56,75)(H,58,74)(H,63,72)(H2,57,61,62,64)/t38-,42+,50-/m1/s1. The molecule has 0 aliphatic carbocycles. The van der Waals surface area contributed by atoms with Crippen molar-refractivity contribution in [3.05, 3.63) is 95.6 Å². The molecule has 22 nitrogen and oxygen atoms in total. The van der Waals surface area contributed by atoms with E-state index in [1.807, 2.05) is 92.7 Å². The Kier molecular flexibility index (Phi) is 18.3. The number of β-amino-alcohol motifs (C(OH)–C–C–N with tert-alkyl or cyclic N) is 1. The fraction of sp³-hybridized carbons (Fsp3) is 0.436. The molecule has 0 saturated carbocycles. The van der Waals surface area contributed by atoms with Gasteiger partial charge in [0.2, 0.25) is 23.6 Å². The molecule has 23 heteroatoms. The Labute approximate surface area is 457 Å². The van der Waals surface area contributed by atoms with Gasteiger partial charge < -0.3 is 51.1 Å². The Morgan fingerprint density at radius 2 is 1.63 bits per heavy atom. The molecule has 3 atom stereocenters. The molecule has 412 valence electrons. The number of rotatable bonds is 21. The van der Waals surface area contributed by atoms with Crippen molar-refractivity contribution in [1.29, 1.82) is 0 Å². The van der Waals surface area contributed by atoms with Crippen molar-refractivity contribution in [2.45, 2.75) is 97.4 Å². The van der Waals surface area contributed by atoms with E-state index in [1.165, 1.54) is 11.9 Å². The molecular formula is C55H69N15O7S. The number of pyridine rings is 1. The van der Waals surface area contributed by atoms with Crippen molar-refractivity contribution >= 4 is 69.6 Å². The van der Waals surface area contributed by atoms with Crippen LogP contribution >= 0.6 is 11.3 Å². The van der Waals surface area contributed by atoms with Gasteiger partial charge in [-0.15, -0.1) is 21.5 Å². The number of nitrogens with zero attached hydrogens (tertiary/aromatic N) is 10. The summed E-state index contributed by atoms with van der Waals surface area (Å²) in [5.41, 5.74) is 6.64. The van der Waals surface area contributed by atoms with Crippen molar-refractivity contribution in [2.75, 3.05) is 62.4 Å². The third kappa shape index (κ3) is 13.9. The smallest absolute Gasteiger partial charge is 0.273 e. The van der Waals surface area contributed by atoms with Gasteiger partial charge in [-0.2, -0.15) is 5.10 Å². The monoisotopic (exact) mass is 1080 g/mol. The second-order valence-electron chi connectivity index (χ2n) is 20.6. The summed E-state index contributed by atoms with van der Waals surface area (Å²) in [6.07, 6.45) is 6.05. The zero-order valence-corrected chi connectivity index (χ0v) is 46.0. The minimum absolute atomic E-state index is 0.000240. The van der Waals surface area contributed by atoms with Crippen LogP contribution in [0.1, 0.15) is 87.5 Å². The molecule has 5 amide bonds. The number of nitrogens with one attached hydrogen (secondary N) is 5. The number of carbonyl (C=O) groups is 5. The SMILES string of the molecule is CNC(=O)c1nnc(Nc2ccc(N3CCN(C(=O)CCCCCCC(=O)N[C@H](C(=O)N4C[C@H](O)C[C@H]4C(=O)NCc4ccc(-c5scnc5C)cc4)C(C)(C)C)CC3)cn2)cc1Nc1cccc(-c2ncn(C)n2)c1OC. The maximum absolute atomic E-state index is 14.1. The van der Waals surface area contributed by atoms with Gasteiger partial charge in [0.25, 0.3) is 5.91 Å². The maximum Gasteiger partial charge on any atom is 0.273 e. The predicted octanol–water partition coefficient (Wildman–Crippen LogP) is 5.75. The second-order valence-corrected chi connectivity index (χ2v) is 21.4. The van der Waals surface area contributed by atoms with Gasteiger partial charge in [0.15, 0.2) is 23.1 Å². The van der Waals surface area contributed by atoms with Crippen LogP contribution in [0.25, 0.3) is 21.8 Å². The lowest BCUT2D eigenvalue weighted by Gasteiger charge is -2.36. The molecule has 78 heavy (non-hydrogen) atoms. The summed E-state index contributed by atoms with van der Waals surface area (Å²) in [6, 6.07) is 17.1. The number of piperazine rings is 1. The van der Waals surface area contributed by atoms with Gasteiger partial charge in [0, 0.05) is 78.7 Å². The maximum atomic E-state index is 14.1.